The number of nitrogens with zero attached hydrogens (tertiary/aromatic N) is 1. The summed E-state index contributed by atoms with van der Waals surface area (Å²) in [7, 11) is 0. The van der Waals surface area contributed by atoms with E-state index in [-0.39, 0.29) is 25.1 Å². The zero-order valence-corrected chi connectivity index (χ0v) is 17.2. The zero-order valence-electron chi connectivity index (χ0n) is 17.2. The molecule has 2 aromatic carbocycles. The number of hydrogen-bond acceptors (Lipinski definition) is 4. The van der Waals surface area contributed by atoms with Crippen LogP contribution in [-0.2, 0) is 20.5 Å². The van der Waals surface area contributed by atoms with Crippen LogP contribution in [-0.4, -0.2) is 30.6 Å². The summed E-state index contributed by atoms with van der Waals surface area (Å²) in [6.45, 7) is 2.05. The number of rotatable bonds is 6. The monoisotopic (exact) mass is 449 g/mol. The Kier molecular flexibility index (Phi) is 6.71. The summed E-state index contributed by atoms with van der Waals surface area (Å²) in [5, 5.41) is 2.49. The van der Waals surface area contributed by atoms with Gasteiger partial charge in [-0.05, 0) is 36.8 Å². The van der Waals surface area contributed by atoms with Crippen LogP contribution >= 0.6 is 0 Å². The van der Waals surface area contributed by atoms with Crippen molar-refractivity contribution in [2.45, 2.75) is 38.1 Å². The largest absolute Gasteiger partial charge is 0.452 e. The lowest BCUT2D eigenvalue weighted by Gasteiger charge is -2.20. The second-order valence-electron chi connectivity index (χ2n) is 7.48. The number of nitrogens with one attached hydrogen (secondary N) is 1. The fourth-order valence-corrected chi connectivity index (χ4v) is 3.53. The van der Waals surface area contributed by atoms with Crippen molar-refractivity contribution in [1.29, 1.82) is 0 Å². The SMILES string of the molecule is Cc1cccc(C(CC(=O)OC2CCN(c3ccc(C(F)(F)F)cc3)C2=O)NC(N)=O)c1. The molecule has 3 N–H and O–H groups in total. The Bertz CT molecular complexity index is 1010. The lowest BCUT2D eigenvalue weighted by molar-refractivity contribution is -0.154. The second kappa shape index (κ2) is 9.29. The minimum absolute atomic E-state index is 0.197. The highest BCUT2D eigenvalue weighted by atomic mass is 19.4. The third-order valence-corrected chi connectivity index (χ3v) is 5.07. The topological polar surface area (TPSA) is 102 Å². The van der Waals surface area contributed by atoms with E-state index in [4.69, 9.17) is 10.5 Å². The molecule has 7 nitrogen and oxygen atoms in total. The number of esters is 1. The number of hydrogen-bond donors (Lipinski definition) is 2. The summed E-state index contributed by atoms with van der Waals surface area (Å²) in [6, 6.07) is 9.80. The van der Waals surface area contributed by atoms with Gasteiger partial charge in [-0.2, -0.15) is 13.2 Å². The average Bonchev–Trinajstić information content (AvgIpc) is 3.06. The normalized spacial score (nSPS) is 17.2. The van der Waals surface area contributed by atoms with E-state index < -0.39 is 41.8 Å². The van der Waals surface area contributed by atoms with Gasteiger partial charge in [-0.15, -0.1) is 0 Å². The second-order valence-corrected chi connectivity index (χ2v) is 7.48. The number of ether oxygens (including phenoxy) is 1. The molecule has 0 aromatic heterocycles. The molecule has 0 radical (unpaired) electrons. The highest BCUT2D eigenvalue weighted by Gasteiger charge is 2.37. The van der Waals surface area contributed by atoms with Gasteiger partial charge < -0.3 is 20.7 Å². The van der Waals surface area contributed by atoms with E-state index in [0.717, 1.165) is 17.7 Å². The predicted molar refractivity (Wildman–Crippen MR) is 110 cm³/mol. The number of anilines is 1. The summed E-state index contributed by atoms with van der Waals surface area (Å²) in [4.78, 5) is 37.8. The number of benzene rings is 2. The number of alkyl halides is 3. The summed E-state index contributed by atoms with van der Waals surface area (Å²) >= 11 is 0. The van der Waals surface area contributed by atoms with Gasteiger partial charge in [-0.3, -0.25) is 9.59 Å². The van der Waals surface area contributed by atoms with Gasteiger partial charge in [0.05, 0.1) is 18.0 Å². The molecule has 2 unspecified atom stereocenters. The molecule has 2 atom stereocenters. The summed E-state index contributed by atoms with van der Waals surface area (Å²) in [5.41, 5.74) is 6.26. The van der Waals surface area contributed by atoms with Crippen molar-refractivity contribution in [2.24, 2.45) is 5.73 Å². The van der Waals surface area contributed by atoms with Crippen molar-refractivity contribution in [3.8, 4) is 0 Å². The van der Waals surface area contributed by atoms with E-state index in [1.54, 1.807) is 18.2 Å². The lowest BCUT2D eigenvalue weighted by atomic mass is 10.0. The Labute approximate surface area is 182 Å². The van der Waals surface area contributed by atoms with Gasteiger partial charge in [-0.25, -0.2) is 4.79 Å². The highest BCUT2D eigenvalue weighted by molar-refractivity contribution is 5.99. The van der Waals surface area contributed by atoms with Gasteiger partial charge in [0.1, 0.15) is 0 Å². The first-order valence-corrected chi connectivity index (χ1v) is 9.85. The molecule has 0 aliphatic carbocycles. The zero-order chi connectivity index (χ0) is 23.5. The molecule has 1 fully saturated rings. The number of carbonyl (C=O) groups excluding carboxylic acids is 3. The maximum atomic E-state index is 12.7. The predicted octanol–water partition coefficient (Wildman–Crippen LogP) is 3.46. The number of carbonyl (C=O) groups is 3. The molecule has 1 aliphatic rings. The van der Waals surface area contributed by atoms with Crippen molar-refractivity contribution >= 4 is 23.6 Å². The molecule has 170 valence electrons. The number of nitrogens with two attached hydrogens (primary N) is 1. The average molecular weight is 449 g/mol. The third-order valence-electron chi connectivity index (χ3n) is 5.07. The van der Waals surface area contributed by atoms with Crippen LogP contribution in [0.3, 0.4) is 0 Å². The molecule has 3 rings (SSSR count). The molecular formula is C22H22F3N3O4. The Morgan fingerprint density at radius 1 is 1.22 bits per heavy atom. The van der Waals surface area contributed by atoms with Crippen molar-refractivity contribution < 1.29 is 32.3 Å². The minimum Gasteiger partial charge on any atom is -0.452 e. The van der Waals surface area contributed by atoms with Gasteiger partial charge in [0.2, 0.25) is 0 Å². The molecule has 0 bridgehead atoms. The summed E-state index contributed by atoms with van der Waals surface area (Å²) in [6.07, 6.45) is -5.57. The van der Waals surface area contributed by atoms with Gasteiger partial charge in [0, 0.05) is 18.7 Å². The highest BCUT2D eigenvalue weighted by Crippen LogP contribution is 2.32. The van der Waals surface area contributed by atoms with Gasteiger partial charge in [0.15, 0.2) is 6.10 Å². The molecule has 3 amide bonds. The van der Waals surface area contributed by atoms with E-state index in [0.29, 0.717) is 5.56 Å². The van der Waals surface area contributed by atoms with E-state index >= 15 is 0 Å². The molecule has 10 heteroatoms. The molecule has 2 aromatic rings. The molecular weight excluding hydrogens is 427 g/mol. The molecule has 32 heavy (non-hydrogen) atoms. The van der Waals surface area contributed by atoms with E-state index in [1.807, 2.05) is 13.0 Å². The Hall–Kier alpha value is -3.56. The number of aryl methyl sites for hydroxylation is 1. The van der Waals surface area contributed by atoms with Crippen molar-refractivity contribution in [1.82, 2.24) is 5.32 Å². The number of urea groups is 1. The van der Waals surface area contributed by atoms with E-state index in [1.165, 1.54) is 17.0 Å². The lowest BCUT2D eigenvalue weighted by Crippen LogP contribution is -2.36. The molecule has 1 saturated heterocycles. The smallest absolute Gasteiger partial charge is 0.416 e. The van der Waals surface area contributed by atoms with E-state index in [9.17, 15) is 27.6 Å². The molecule has 0 saturated carbocycles. The fourth-order valence-electron chi connectivity index (χ4n) is 3.53. The standard InChI is InChI=1S/C22H22F3N3O4/c1-13-3-2-4-14(11-13)17(27-21(26)31)12-19(29)32-18-9-10-28(20(18)30)16-7-5-15(6-8-16)22(23,24)25/h2-8,11,17-18H,9-10,12H2,1H3,(H3,26,27,31). The van der Waals surface area contributed by atoms with Crippen molar-refractivity contribution in [3.63, 3.8) is 0 Å². The molecule has 1 aliphatic heterocycles. The van der Waals surface area contributed by atoms with Crippen molar-refractivity contribution in [3.05, 3.63) is 65.2 Å². The van der Waals surface area contributed by atoms with Gasteiger partial charge in [0.25, 0.3) is 5.91 Å². The Morgan fingerprint density at radius 2 is 1.91 bits per heavy atom. The number of halogens is 3. The van der Waals surface area contributed by atoms with Crippen LogP contribution in [0.4, 0.5) is 23.7 Å². The number of amides is 3. The first-order valence-electron chi connectivity index (χ1n) is 9.85. The van der Waals surface area contributed by atoms with Crippen LogP contribution in [0.15, 0.2) is 48.5 Å². The van der Waals surface area contributed by atoms with Crippen LogP contribution < -0.4 is 16.0 Å². The minimum atomic E-state index is -4.47. The maximum absolute atomic E-state index is 12.7. The van der Waals surface area contributed by atoms with Gasteiger partial charge in [-0.1, -0.05) is 29.8 Å². The molecule has 0 spiro atoms. The third kappa shape index (κ3) is 5.57. The first kappa shape index (κ1) is 23.1. The Morgan fingerprint density at radius 3 is 2.50 bits per heavy atom. The van der Waals surface area contributed by atoms with Crippen LogP contribution in [0.25, 0.3) is 0 Å². The van der Waals surface area contributed by atoms with Crippen LogP contribution in [0.2, 0.25) is 0 Å². The number of primary amides is 1. The van der Waals surface area contributed by atoms with Gasteiger partial charge >= 0.3 is 18.2 Å². The van der Waals surface area contributed by atoms with Crippen molar-refractivity contribution in [2.75, 3.05) is 11.4 Å². The van der Waals surface area contributed by atoms with Crippen LogP contribution in [0.1, 0.15) is 35.6 Å². The first-order chi connectivity index (χ1) is 15.0. The molecule has 1 heterocycles. The van der Waals surface area contributed by atoms with Crippen LogP contribution in [0.5, 0.6) is 0 Å². The summed E-state index contributed by atoms with van der Waals surface area (Å²) in [5.74, 6) is -1.23. The fraction of sp³-hybridized carbons (Fsp3) is 0.318. The van der Waals surface area contributed by atoms with Crippen LogP contribution in [0, 0.1) is 6.92 Å². The summed E-state index contributed by atoms with van der Waals surface area (Å²) < 4.78 is 43.5. The van der Waals surface area contributed by atoms with E-state index in [2.05, 4.69) is 5.32 Å². The quantitative estimate of drug-likeness (QED) is 0.660. The Balaban J connectivity index is 1.64. The maximum Gasteiger partial charge on any atom is 0.416 e.